The van der Waals surface area contributed by atoms with Gasteiger partial charge in [-0.15, -0.1) is 0 Å². The van der Waals surface area contributed by atoms with Crippen LogP contribution in [0.15, 0.2) is 36.8 Å². The molecule has 0 unspecified atom stereocenters. The number of piperazine rings is 1. The van der Waals surface area contributed by atoms with Gasteiger partial charge in [0, 0.05) is 57.5 Å². The van der Waals surface area contributed by atoms with Gasteiger partial charge in [-0.3, -0.25) is 9.59 Å². The fourth-order valence-corrected chi connectivity index (χ4v) is 4.45. The van der Waals surface area contributed by atoms with Crippen molar-refractivity contribution in [2.24, 2.45) is 0 Å². The minimum Gasteiger partial charge on any atom is -0.328 e. The second kappa shape index (κ2) is 5.12. The fraction of sp³-hybridized carbons (Fsp3) is 0.444. The van der Waals surface area contributed by atoms with Crippen molar-refractivity contribution >= 4 is 11.8 Å². The van der Waals surface area contributed by atoms with Crippen LogP contribution in [0.4, 0.5) is 4.39 Å². The van der Waals surface area contributed by atoms with E-state index >= 15 is 0 Å². The van der Waals surface area contributed by atoms with Gasteiger partial charge in [-0.25, -0.2) is 14.1 Å². The lowest BCUT2D eigenvalue weighted by Crippen LogP contribution is -2.79. The van der Waals surface area contributed by atoms with Crippen LogP contribution in [0.1, 0.15) is 24.8 Å². The van der Waals surface area contributed by atoms with Gasteiger partial charge in [0.2, 0.25) is 0 Å². The molecule has 3 aliphatic carbocycles. The molecule has 0 radical (unpaired) electrons. The molecule has 6 rings (SSSR count). The molecule has 0 atom stereocenters. The number of alkyl halides is 1. The summed E-state index contributed by atoms with van der Waals surface area (Å²) in [6.45, 7) is 1.27. The molecule has 26 heavy (non-hydrogen) atoms. The van der Waals surface area contributed by atoms with Crippen LogP contribution in [0.25, 0.3) is 5.82 Å². The second-order valence-electron chi connectivity index (χ2n) is 7.56. The predicted octanol–water partition coefficient (Wildman–Crippen LogP) is 1.08. The Morgan fingerprint density at radius 2 is 1.92 bits per heavy atom. The standard InChI is InChI=1S/C18H18FN5O2/c19-17-10-18(11-17,12-17)23-7-6-22(15(25)16(23)26)9-13-2-3-14(20-8-13)24-5-1-4-21-24/h1-5,8H,6-7,9-12H2. The number of hydrogen-bond donors (Lipinski definition) is 0. The van der Waals surface area contributed by atoms with E-state index in [0.717, 1.165) is 5.56 Å². The van der Waals surface area contributed by atoms with Gasteiger partial charge in [-0.1, -0.05) is 6.07 Å². The number of pyridine rings is 1. The lowest BCUT2D eigenvalue weighted by Gasteiger charge is -2.69. The Bertz CT molecular complexity index is 860. The topological polar surface area (TPSA) is 71.3 Å². The van der Waals surface area contributed by atoms with Crippen molar-refractivity contribution in [3.05, 3.63) is 42.4 Å². The van der Waals surface area contributed by atoms with Crippen LogP contribution in [0.2, 0.25) is 0 Å². The smallest absolute Gasteiger partial charge is 0.312 e. The molecular weight excluding hydrogens is 337 g/mol. The van der Waals surface area contributed by atoms with Gasteiger partial charge in [-0.05, 0) is 17.7 Å². The highest BCUT2D eigenvalue weighted by molar-refractivity contribution is 6.35. The first-order valence-electron chi connectivity index (χ1n) is 8.73. The number of aromatic nitrogens is 3. The highest BCUT2D eigenvalue weighted by Gasteiger charge is 2.73. The SMILES string of the molecule is O=C1C(=O)N(C23CC(F)(C2)C3)CCN1Cc1ccc(-n2cccn2)nc1. The van der Waals surface area contributed by atoms with Crippen LogP contribution in [-0.2, 0) is 16.1 Å². The number of hydrogen-bond acceptors (Lipinski definition) is 4. The van der Waals surface area contributed by atoms with Crippen molar-refractivity contribution in [2.45, 2.75) is 37.0 Å². The summed E-state index contributed by atoms with van der Waals surface area (Å²) in [6.07, 6.45) is 6.33. The van der Waals surface area contributed by atoms with E-state index in [0.29, 0.717) is 44.7 Å². The Kier molecular flexibility index (Phi) is 3.05. The maximum absolute atomic E-state index is 13.7. The Morgan fingerprint density at radius 3 is 2.54 bits per heavy atom. The van der Waals surface area contributed by atoms with E-state index in [4.69, 9.17) is 0 Å². The van der Waals surface area contributed by atoms with E-state index in [2.05, 4.69) is 10.1 Å². The summed E-state index contributed by atoms with van der Waals surface area (Å²) in [5.74, 6) is -0.320. The number of nitrogens with zero attached hydrogens (tertiary/aromatic N) is 5. The van der Waals surface area contributed by atoms with E-state index in [1.807, 2.05) is 18.2 Å². The predicted molar refractivity (Wildman–Crippen MR) is 88.9 cm³/mol. The average Bonchev–Trinajstić information content (AvgIpc) is 3.11. The third-order valence-electron chi connectivity index (χ3n) is 5.74. The fourth-order valence-electron chi connectivity index (χ4n) is 4.45. The first-order chi connectivity index (χ1) is 12.5. The monoisotopic (exact) mass is 355 g/mol. The van der Waals surface area contributed by atoms with E-state index in [1.54, 1.807) is 33.1 Å². The molecule has 4 aliphatic rings. The molecule has 2 bridgehead atoms. The molecule has 1 aliphatic heterocycles. The molecule has 2 aromatic heterocycles. The molecule has 3 saturated carbocycles. The van der Waals surface area contributed by atoms with Gasteiger partial charge in [-0.2, -0.15) is 5.10 Å². The number of halogens is 1. The van der Waals surface area contributed by atoms with Crippen molar-refractivity contribution in [3.8, 4) is 5.82 Å². The van der Waals surface area contributed by atoms with Gasteiger partial charge in [0.15, 0.2) is 5.82 Å². The van der Waals surface area contributed by atoms with E-state index < -0.39 is 17.5 Å². The summed E-state index contributed by atoms with van der Waals surface area (Å²) in [5.41, 5.74) is -0.619. The molecule has 3 heterocycles. The first-order valence-corrected chi connectivity index (χ1v) is 8.73. The first kappa shape index (κ1) is 15.5. The van der Waals surface area contributed by atoms with Crippen molar-refractivity contribution in [2.75, 3.05) is 13.1 Å². The zero-order valence-electron chi connectivity index (χ0n) is 14.1. The number of carbonyl (C=O) groups excluding carboxylic acids is 2. The molecule has 2 aromatic rings. The zero-order valence-corrected chi connectivity index (χ0v) is 14.1. The van der Waals surface area contributed by atoms with Crippen LogP contribution in [-0.4, -0.2) is 60.7 Å². The Hall–Kier alpha value is -2.77. The third-order valence-corrected chi connectivity index (χ3v) is 5.74. The summed E-state index contributed by atoms with van der Waals surface area (Å²) >= 11 is 0. The number of amides is 2. The van der Waals surface area contributed by atoms with Crippen LogP contribution in [0.5, 0.6) is 0 Å². The van der Waals surface area contributed by atoms with Crippen molar-refractivity contribution < 1.29 is 14.0 Å². The van der Waals surface area contributed by atoms with Crippen molar-refractivity contribution in [3.63, 3.8) is 0 Å². The molecular formula is C18H18FN5O2. The molecule has 7 nitrogen and oxygen atoms in total. The molecule has 0 N–H and O–H groups in total. The largest absolute Gasteiger partial charge is 0.328 e. The summed E-state index contributed by atoms with van der Waals surface area (Å²) in [4.78, 5) is 32.5. The summed E-state index contributed by atoms with van der Waals surface area (Å²) in [6, 6.07) is 5.52. The van der Waals surface area contributed by atoms with Crippen LogP contribution >= 0.6 is 0 Å². The highest BCUT2D eigenvalue weighted by Crippen LogP contribution is 2.66. The summed E-state index contributed by atoms with van der Waals surface area (Å²) < 4.78 is 15.4. The number of carbonyl (C=O) groups is 2. The Labute approximate surface area is 149 Å². The van der Waals surface area contributed by atoms with Crippen LogP contribution < -0.4 is 0 Å². The normalized spacial score (nSPS) is 30.2. The van der Waals surface area contributed by atoms with Gasteiger partial charge in [0.1, 0.15) is 5.67 Å². The average molecular weight is 355 g/mol. The summed E-state index contributed by atoms with van der Waals surface area (Å²) in [5, 5.41) is 4.12. The molecule has 4 fully saturated rings. The Balaban J connectivity index is 1.26. The van der Waals surface area contributed by atoms with E-state index in [1.165, 1.54) is 0 Å². The van der Waals surface area contributed by atoms with Crippen LogP contribution in [0.3, 0.4) is 0 Å². The van der Waals surface area contributed by atoms with Gasteiger partial charge in [0.05, 0.1) is 5.54 Å². The molecule has 134 valence electrons. The maximum Gasteiger partial charge on any atom is 0.312 e. The van der Waals surface area contributed by atoms with Crippen LogP contribution in [0, 0.1) is 0 Å². The molecule has 2 amide bonds. The molecule has 1 saturated heterocycles. The zero-order chi connectivity index (χ0) is 17.9. The van der Waals surface area contributed by atoms with Crippen molar-refractivity contribution in [1.82, 2.24) is 24.6 Å². The third kappa shape index (κ3) is 2.17. The minimum atomic E-state index is -1.08. The lowest BCUT2D eigenvalue weighted by atomic mass is 9.46. The van der Waals surface area contributed by atoms with Crippen molar-refractivity contribution in [1.29, 1.82) is 0 Å². The van der Waals surface area contributed by atoms with E-state index in [9.17, 15) is 14.0 Å². The second-order valence-corrected chi connectivity index (χ2v) is 7.56. The number of rotatable bonds is 4. The Morgan fingerprint density at radius 1 is 1.12 bits per heavy atom. The maximum atomic E-state index is 13.7. The lowest BCUT2D eigenvalue weighted by molar-refractivity contribution is -0.230. The molecule has 0 aromatic carbocycles. The minimum absolute atomic E-state index is 0.338. The molecule has 8 heteroatoms. The highest BCUT2D eigenvalue weighted by atomic mass is 19.1. The van der Waals surface area contributed by atoms with Gasteiger partial charge in [0.25, 0.3) is 0 Å². The quantitative estimate of drug-likeness (QED) is 0.770. The summed E-state index contributed by atoms with van der Waals surface area (Å²) in [7, 11) is 0. The van der Waals surface area contributed by atoms with Gasteiger partial charge >= 0.3 is 11.8 Å². The van der Waals surface area contributed by atoms with Gasteiger partial charge < -0.3 is 9.80 Å². The van der Waals surface area contributed by atoms with E-state index in [-0.39, 0.29) is 5.54 Å². The molecule has 0 spiro atoms.